The van der Waals surface area contributed by atoms with E-state index in [2.05, 4.69) is 20.7 Å². The fraction of sp³-hybridized carbons (Fsp3) is 0.222. The van der Waals surface area contributed by atoms with E-state index in [1.54, 1.807) is 6.07 Å². The first-order valence-electron chi connectivity index (χ1n) is 4.31. The van der Waals surface area contributed by atoms with Gasteiger partial charge in [0.15, 0.2) is 0 Å². The molecule has 1 aromatic carbocycles. The molecule has 0 radical (unpaired) electrons. The SMILES string of the molecule is CC(=O)NSc1cc([N+](=O)[O-])ccc1CBr. The molecule has 0 saturated heterocycles. The second-order valence-electron chi connectivity index (χ2n) is 2.94. The number of nitrogens with zero attached hydrogens (tertiary/aromatic N) is 1. The van der Waals surface area contributed by atoms with Crippen molar-refractivity contribution in [3.05, 3.63) is 33.9 Å². The lowest BCUT2D eigenvalue weighted by Gasteiger charge is -2.06. The fourth-order valence-corrected chi connectivity index (χ4v) is 2.37. The van der Waals surface area contributed by atoms with Crippen LogP contribution in [0.5, 0.6) is 0 Å². The van der Waals surface area contributed by atoms with Crippen LogP contribution in [-0.2, 0) is 10.1 Å². The van der Waals surface area contributed by atoms with Crippen LogP contribution in [0.1, 0.15) is 12.5 Å². The van der Waals surface area contributed by atoms with Gasteiger partial charge in [-0.25, -0.2) is 0 Å². The molecule has 0 fully saturated rings. The zero-order chi connectivity index (χ0) is 12.1. The molecule has 16 heavy (non-hydrogen) atoms. The maximum Gasteiger partial charge on any atom is 0.270 e. The summed E-state index contributed by atoms with van der Waals surface area (Å²) in [6.45, 7) is 1.39. The minimum Gasteiger partial charge on any atom is -0.296 e. The first-order chi connectivity index (χ1) is 7.54. The molecule has 0 aliphatic carbocycles. The molecule has 0 atom stereocenters. The third-order valence-electron chi connectivity index (χ3n) is 1.71. The van der Waals surface area contributed by atoms with Crippen LogP contribution in [-0.4, -0.2) is 10.8 Å². The number of nitro benzene ring substituents is 1. The van der Waals surface area contributed by atoms with Gasteiger partial charge in [0.25, 0.3) is 5.69 Å². The summed E-state index contributed by atoms with van der Waals surface area (Å²) in [6.07, 6.45) is 0. The van der Waals surface area contributed by atoms with E-state index in [9.17, 15) is 14.9 Å². The molecule has 0 bridgehead atoms. The van der Waals surface area contributed by atoms with Crippen molar-refractivity contribution in [2.75, 3.05) is 0 Å². The number of carbonyl (C=O) groups is 1. The van der Waals surface area contributed by atoms with Crippen molar-refractivity contribution >= 4 is 39.5 Å². The average Bonchev–Trinajstić information content (AvgIpc) is 2.25. The summed E-state index contributed by atoms with van der Waals surface area (Å²) in [5.41, 5.74) is 0.905. The van der Waals surface area contributed by atoms with Gasteiger partial charge in [0.1, 0.15) is 0 Å². The average molecular weight is 305 g/mol. The van der Waals surface area contributed by atoms with Crippen molar-refractivity contribution in [1.82, 2.24) is 4.72 Å². The molecule has 0 aliphatic rings. The number of nitro groups is 1. The van der Waals surface area contributed by atoms with E-state index in [1.165, 1.54) is 19.1 Å². The quantitative estimate of drug-likeness (QED) is 0.402. The highest BCUT2D eigenvalue weighted by atomic mass is 79.9. The van der Waals surface area contributed by atoms with Crippen LogP contribution in [0, 0.1) is 10.1 Å². The van der Waals surface area contributed by atoms with Crippen molar-refractivity contribution < 1.29 is 9.72 Å². The van der Waals surface area contributed by atoms with Crippen molar-refractivity contribution in [1.29, 1.82) is 0 Å². The van der Waals surface area contributed by atoms with Crippen molar-refractivity contribution in [3.8, 4) is 0 Å². The third-order valence-corrected chi connectivity index (χ3v) is 3.30. The zero-order valence-electron chi connectivity index (χ0n) is 8.40. The Balaban J connectivity index is 2.97. The molecule has 86 valence electrons. The lowest BCUT2D eigenvalue weighted by atomic mass is 10.2. The summed E-state index contributed by atoms with van der Waals surface area (Å²) in [5, 5.41) is 11.2. The second kappa shape index (κ2) is 5.86. The molecular weight excluding hydrogens is 296 g/mol. The van der Waals surface area contributed by atoms with Crippen molar-refractivity contribution in [3.63, 3.8) is 0 Å². The molecule has 1 aromatic rings. The van der Waals surface area contributed by atoms with Crippen LogP contribution in [0.15, 0.2) is 23.1 Å². The minimum absolute atomic E-state index is 0.0116. The first-order valence-corrected chi connectivity index (χ1v) is 6.25. The molecule has 0 unspecified atom stereocenters. The minimum atomic E-state index is -0.462. The molecule has 0 aliphatic heterocycles. The topological polar surface area (TPSA) is 72.2 Å². The summed E-state index contributed by atoms with van der Waals surface area (Å²) < 4.78 is 2.54. The molecule has 0 heterocycles. The number of alkyl halides is 1. The summed E-state index contributed by atoms with van der Waals surface area (Å²) in [5.74, 6) is -0.197. The highest BCUT2D eigenvalue weighted by Crippen LogP contribution is 2.26. The first kappa shape index (κ1) is 13.0. The molecule has 5 nitrogen and oxygen atoms in total. The molecule has 0 saturated carbocycles. The van der Waals surface area contributed by atoms with Crippen LogP contribution in [0.2, 0.25) is 0 Å². The van der Waals surface area contributed by atoms with Gasteiger partial charge < -0.3 is 0 Å². The number of carbonyl (C=O) groups excluding carboxylic acids is 1. The Morgan fingerprint density at radius 1 is 1.62 bits per heavy atom. The number of hydrogen-bond donors (Lipinski definition) is 1. The Kier molecular flexibility index (Phi) is 4.75. The molecule has 1 N–H and O–H groups in total. The Labute approximate surface area is 105 Å². The van der Waals surface area contributed by atoms with Gasteiger partial charge in [-0.3, -0.25) is 19.6 Å². The van der Waals surface area contributed by atoms with Gasteiger partial charge >= 0.3 is 0 Å². The van der Waals surface area contributed by atoms with E-state index >= 15 is 0 Å². The molecule has 1 rings (SSSR count). The number of halogens is 1. The maximum absolute atomic E-state index is 10.8. The van der Waals surface area contributed by atoms with Crippen molar-refractivity contribution in [2.24, 2.45) is 0 Å². The van der Waals surface area contributed by atoms with Gasteiger partial charge in [-0.2, -0.15) is 0 Å². The molecule has 1 amide bonds. The summed E-state index contributed by atoms with van der Waals surface area (Å²) >= 11 is 4.36. The number of rotatable bonds is 4. The predicted octanol–water partition coefficient (Wildman–Crippen LogP) is 2.63. The highest BCUT2D eigenvalue weighted by Gasteiger charge is 2.11. The maximum atomic E-state index is 10.8. The Bertz CT molecular complexity index is 425. The molecule has 0 aromatic heterocycles. The summed E-state index contributed by atoms with van der Waals surface area (Å²) in [6, 6.07) is 4.54. The number of non-ortho nitro benzene ring substituents is 1. The monoisotopic (exact) mass is 304 g/mol. The lowest BCUT2D eigenvalue weighted by molar-refractivity contribution is -0.385. The van der Waals surface area contributed by atoms with Crippen LogP contribution in [0.25, 0.3) is 0 Å². The Morgan fingerprint density at radius 2 is 2.31 bits per heavy atom. The normalized spacial score (nSPS) is 9.88. The second-order valence-corrected chi connectivity index (χ2v) is 4.35. The molecular formula is C9H9BrN2O3S. The van der Waals surface area contributed by atoms with Gasteiger partial charge in [-0.15, -0.1) is 0 Å². The zero-order valence-corrected chi connectivity index (χ0v) is 10.8. The van der Waals surface area contributed by atoms with Gasteiger partial charge in [-0.1, -0.05) is 22.0 Å². The van der Waals surface area contributed by atoms with E-state index in [-0.39, 0.29) is 11.6 Å². The van der Waals surface area contributed by atoms with Crippen LogP contribution < -0.4 is 4.72 Å². The smallest absolute Gasteiger partial charge is 0.270 e. The largest absolute Gasteiger partial charge is 0.296 e. The van der Waals surface area contributed by atoms with Gasteiger partial charge in [0.2, 0.25) is 5.91 Å². The van der Waals surface area contributed by atoms with E-state index < -0.39 is 4.92 Å². The Hall–Kier alpha value is -1.08. The standard InChI is InChI=1S/C9H9BrN2O3S/c1-6(13)11-16-9-4-8(12(14)15)3-2-7(9)5-10/h2-4H,5H2,1H3,(H,11,13). The number of hydrogen-bond acceptors (Lipinski definition) is 4. The van der Waals surface area contributed by atoms with E-state index in [0.717, 1.165) is 17.5 Å². The van der Waals surface area contributed by atoms with Crippen LogP contribution in [0.4, 0.5) is 5.69 Å². The van der Waals surface area contributed by atoms with Crippen LogP contribution in [0.3, 0.4) is 0 Å². The predicted molar refractivity (Wildman–Crippen MR) is 65.4 cm³/mol. The van der Waals surface area contributed by atoms with Gasteiger partial charge in [0, 0.05) is 29.3 Å². The van der Waals surface area contributed by atoms with Crippen LogP contribution >= 0.6 is 27.9 Å². The summed E-state index contributed by atoms with van der Waals surface area (Å²) in [4.78, 5) is 21.6. The summed E-state index contributed by atoms with van der Waals surface area (Å²) in [7, 11) is 0. The van der Waals surface area contributed by atoms with Gasteiger partial charge in [-0.05, 0) is 17.5 Å². The number of benzene rings is 1. The molecule has 0 spiro atoms. The van der Waals surface area contributed by atoms with E-state index in [1.807, 2.05) is 0 Å². The van der Waals surface area contributed by atoms with Gasteiger partial charge in [0.05, 0.1) is 4.92 Å². The number of nitrogens with one attached hydrogen (secondary N) is 1. The lowest BCUT2D eigenvalue weighted by Crippen LogP contribution is -2.10. The third kappa shape index (κ3) is 3.49. The highest BCUT2D eigenvalue weighted by molar-refractivity contribution is 9.08. The Morgan fingerprint density at radius 3 is 2.81 bits per heavy atom. The van der Waals surface area contributed by atoms with E-state index in [4.69, 9.17) is 0 Å². The molecule has 7 heteroatoms. The fourth-order valence-electron chi connectivity index (χ4n) is 0.989. The van der Waals surface area contributed by atoms with E-state index in [0.29, 0.717) is 10.2 Å². The number of amides is 1. The van der Waals surface area contributed by atoms with Crippen molar-refractivity contribution in [2.45, 2.75) is 17.1 Å².